The van der Waals surface area contributed by atoms with Crippen molar-refractivity contribution in [3.05, 3.63) is 59.0 Å². The monoisotopic (exact) mass is 374 g/mol. The molecule has 0 spiro atoms. The first-order valence-corrected chi connectivity index (χ1v) is 9.35. The maximum Gasteiger partial charge on any atom is 0.335 e. The molecule has 3 aromatic rings. The van der Waals surface area contributed by atoms with E-state index in [0.717, 1.165) is 0 Å². The van der Waals surface area contributed by atoms with E-state index < -0.39 is 22.0 Å². The number of aromatic nitrogens is 3. The molecule has 0 aliphatic rings. The summed E-state index contributed by atoms with van der Waals surface area (Å²) in [6, 6.07) is 7.33. The van der Waals surface area contributed by atoms with Gasteiger partial charge in [0.1, 0.15) is 0 Å². The van der Waals surface area contributed by atoms with Gasteiger partial charge in [0.15, 0.2) is 11.5 Å². The summed E-state index contributed by atoms with van der Waals surface area (Å²) in [7, 11) is -3.96. The number of carbonyl (C=O) groups is 1. The summed E-state index contributed by atoms with van der Waals surface area (Å²) >= 11 is 0. The number of sulfonamides is 1. The van der Waals surface area contributed by atoms with Crippen molar-refractivity contribution >= 4 is 21.6 Å². The number of rotatable bonds is 5. The van der Waals surface area contributed by atoms with Gasteiger partial charge >= 0.3 is 5.97 Å². The number of carboxylic acid groups (broad SMARTS) is 1. The SMILES string of the molecule is Cc1cc(C(=O)O)cc(S(=O)(=O)N[C@H](C)c2nnc3ccccn23)c1C. The van der Waals surface area contributed by atoms with Gasteiger partial charge < -0.3 is 5.11 Å². The van der Waals surface area contributed by atoms with Crippen molar-refractivity contribution in [2.75, 3.05) is 0 Å². The number of nitrogens with zero attached hydrogens (tertiary/aromatic N) is 3. The standard InChI is InChI=1S/C17H18N4O4S/c1-10-8-13(17(22)23)9-14(11(10)2)26(24,25)20-12(3)16-19-18-15-6-4-5-7-21(15)16/h4-9,12,20H,1-3H3,(H,22,23)/t12-/m1/s1. The second-order valence-corrected chi connectivity index (χ2v) is 7.73. The number of hydrogen-bond donors (Lipinski definition) is 2. The lowest BCUT2D eigenvalue weighted by Gasteiger charge is -2.16. The summed E-state index contributed by atoms with van der Waals surface area (Å²) in [4.78, 5) is 11.2. The van der Waals surface area contributed by atoms with Gasteiger partial charge in [-0.3, -0.25) is 4.40 Å². The molecule has 0 unspecified atom stereocenters. The zero-order chi connectivity index (χ0) is 19.1. The molecule has 3 rings (SSSR count). The predicted molar refractivity (Wildman–Crippen MR) is 94.6 cm³/mol. The number of benzene rings is 1. The number of aromatic carboxylic acids is 1. The van der Waals surface area contributed by atoms with Crippen molar-refractivity contribution in [3.63, 3.8) is 0 Å². The summed E-state index contributed by atoms with van der Waals surface area (Å²) in [6.07, 6.45) is 1.75. The van der Waals surface area contributed by atoms with E-state index >= 15 is 0 Å². The van der Waals surface area contributed by atoms with Gasteiger partial charge in [0.2, 0.25) is 10.0 Å². The Labute approximate surface area is 150 Å². The van der Waals surface area contributed by atoms with Crippen molar-refractivity contribution in [2.45, 2.75) is 31.7 Å². The van der Waals surface area contributed by atoms with Crippen LogP contribution in [0.3, 0.4) is 0 Å². The van der Waals surface area contributed by atoms with Crippen LogP contribution in [0.2, 0.25) is 0 Å². The van der Waals surface area contributed by atoms with Crippen LogP contribution in [0, 0.1) is 13.8 Å². The molecule has 2 N–H and O–H groups in total. The Morgan fingerprint density at radius 2 is 1.96 bits per heavy atom. The van der Waals surface area contributed by atoms with E-state index in [1.807, 2.05) is 6.07 Å². The lowest BCUT2D eigenvalue weighted by atomic mass is 10.1. The maximum atomic E-state index is 12.9. The van der Waals surface area contributed by atoms with Gasteiger partial charge in [0.25, 0.3) is 0 Å². The molecule has 8 nitrogen and oxygen atoms in total. The molecule has 0 amide bonds. The van der Waals surface area contributed by atoms with Gasteiger partial charge in [-0.1, -0.05) is 6.07 Å². The van der Waals surface area contributed by atoms with Gasteiger partial charge in [-0.25, -0.2) is 17.9 Å². The molecule has 1 atom stereocenters. The van der Waals surface area contributed by atoms with Crippen molar-refractivity contribution in [2.24, 2.45) is 0 Å². The largest absolute Gasteiger partial charge is 0.478 e. The average molecular weight is 374 g/mol. The minimum atomic E-state index is -3.96. The van der Waals surface area contributed by atoms with Crippen molar-refractivity contribution in [1.29, 1.82) is 0 Å². The fourth-order valence-electron chi connectivity index (χ4n) is 2.73. The van der Waals surface area contributed by atoms with E-state index in [0.29, 0.717) is 22.6 Å². The zero-order valence-corrected chi connectivity index (χ0v) is 15.3. The van der Waals surface area contributed by atoms with E-state index in [1.165, 1.54) is 12.1 Å². The smallest absolute Gasteiger partial charge is 0.335 e. The van der Waals surface area contributed by atoms with Crippen LogP contribution in [-0.2, 0) is 10.0 Å². The van der Waals surface area contributed by atoms with Crippen LogP contribution < -0.4 is 4.72 Å². The molecular weight excluding hydrogens is 356 g/mol. The van der Waals surface area contributed by atoms with E-state index in [-0.39, 0.29) is 10.5 Å². The second kappa shape index (κ2) is 6.50. The quantitative estimate of drug-likeness (QED) is 0.707. The Hall–Kier alpha value is -2.78. The first-order valence-electron chi connectivity index (χ1n) is 7.87. The van der Waals surface area contributed by atoms with Gasteiger partial charge in [-0.2, -0.15) is 0 Å². The first kappa shape index (κ1) is 18.0. The van der Waals surface area contributed by atoms with Crippen LogP contribution in [-0.4, -0.2) is 34.1 Å². The topological polar surface area (TPSA) is 114 Å². The van der Waals surface area contributed by atoms with Crippen LogP contribution in [0.15, 0.2) is 41.4 Å². The molecule has 0 saturated carbocycles. The lowest BCUT2D eigenvalue weighted by molar-refractivity contribution is 0.0696. The highest BCUT2D eigenvalue weighted by molar-refractivity contribution is 7.89. The molecule has 0 aliphatic carbocycles. The molecule has 0 fully saturated rings. The molecule has 136 valence electrons. The molecule has 26 heavy (non-hydrogen) atoms. The van der Waals surface area contributed by atoms with Gasteiger partial charge in [-0.05, 0) is 56.2 Å². The highest BCUT2D eigenvalue weighted by Gasteiger charge is 2.25. The number of nitrogens with one attached hydrogen (secondary N) is 1. The number of hydrogen-bond acceptors (Lipinski definition) is 5. The molecule has 2 heterocycles. The molecule has 0 aliphatic heterocycles. The summed E-state index contributed by atoms with van der Waals surface area (Å²) in [6.45, 7) is 4.98. The minimum Gasteiger partial charge on any atom is -0.478 e. The summed E-state index contributed by atoms with van der Waals surface area (Å²) in [5.41, 5.74) is 1.62. The van der Waals surface area contributed by atoms with Crippen LogP contribution in [0.25, 0.3) is 5.65 Å². The van der Waals surface area contributed by atoms with Gasteiger partial charge in [0.05, 0.1) is 16.5 Å². The Balaban J connectivity index is 2.00. The van der Waals surface area contributed by atoms with E-state index in [2.05, 4.69) is 14.9 Å². The van der Waals surface area contributed by atoms with E-state index in [9.17, 15) is 18.3 Å². The molecule has 0 radical (unpaired) electrons. The maximum absolute atomic E-state index is 12.9. The summed E-state index contributed by atoms with van der Waals surface area (Å²) < 4.78 is 30.0. The van der Waals surface area contributed by atoms with E-state index in [4.69, 9.17) is 0 Å². The third-order valence-electron chi connectivity index (χ3n) is 4.22. The predicted octanol–water partition coefficient (Wildman–Crippen LogP) is 2.08. The second-order valence-electron chi connectivity index (χ2n) is 6.05. The summed E-state index contributed by atoms with van der Waals surface area (Å²) in [5.74, 6) is -0.742. The lowest BCUT2D eigenvalue weighted by Crippen LogP contribution is -2.29. The third-order valence-corrected chi connectivity index (χ3v) is 5.88. The third kappa shape index (κ3) is 3.18. The summed E-state index contributed by atoms with van der Waals surface area (Å²) in [5, 5.41) is 17.3. The van der Waals surface area contributed by atoms with Crippen molar-refractivity contribution in [3.8, 4) is 0 Å². The molecule has 1 aromatic carbocycles. The number of aryl methyl sites for hydroxylation is 1. The number of fused-ring (bicyclic) bond motifs is 1. The minimum absolute atomic E-state index is 0.0597. The number of carboxylic acids is 1. The Morgan fingerprint density at radius 3 is 2.65 bits per heavy atom. The normalized spacial score (nSPS) is 13.0. The fraction of sp³-hybridized carbons (Fsp3) is 0.235. The highest BCUT2D eigenvalue weighted by Crippen LogP contribution is 2.23. The van der Waals surface area contributed by atoms with Crippen LogP contribution in [0.5, 0.6) is 0 Å². The Bertz CT molecular complexity index is 1110. The van der Waals surface area contributed by atoms with Gasteiger partial charge in [-0.15, -0.1) is 10.2 Å². The molecule has 0 bridgehead atoms. The fourth-order valence-corrected chi connectivity index (χ4v) is 4.28. The Morgan fingerprint density at radius 1 is 1.23 bits per heavy atom. The van der Waals surface area contributed by atoms with Crippen LogP contribution in [0.4, 0.5) is 0 Å². The average Bonchev–Trinajstić information content (AvgIpc) is 3.00. The van der Waals surface area contributed by atoms with Gasteiger partial charge in [0, 0.05) is 6.20 Å². The van der Waals surface area contributed by atoms with E-state index in [1.54, 1.807) is 43.5 Å². The molecule has 9 heteroatoms. The molecular formula is C17H18N4O4S. The highest BCUT2D eigenvalue weighted by atomic mass is 32.2. The number of pyridine rings is 1. The first-order chi connectivity index (χ1) is 12.2. The zero-order valence-electron chi connectivity index (χ0n) is 14.5. The molecule has 2 aromatic heterocycles. The van der Waals surface area contributed by atoms with Crippen molar-refractivity contribution < 1.29 is 18.3 Å². The molecule has 0 saturated heterocycles. The Kier molecular flexibility index (Phi) is 4.51. The van der Waals surface area contributed by atoms with Crippen LogP contribution in [0.1, 0.15) is 40.3 Å². The van der Waals surface area contributed by atoms with Crippen LogP contribution >= 0.6 is 0 Å². The van der Waals surface area contributed by atoms with Crippen molar-refractivity contribution in [1.82, 2.24) is 19.3 Å².